The lowest BCUT2D eigenvalue weighted by Crippen LogP contribution is -2.61. The van der Waals surface area contributed by atoms with Gasteiger partial charge in [-0.25, -0.2) is 4.18 Å². The third-order valence-electron chi connectivity index (χ3n) is 7.53. The molecular formula is C32H57NO12S. The lowest BCUT2D eigenvalue weighted by atomic mass is 9.99. The molecule has 8 atom stereocenters. The number of hydrogen-bond donors (Lipinski definition) is 7. The van der Waals surface area contributed by atoms with E-state index in [1.807, 2.05) is 12.2 Å². The Morgan fingerprint density at radius 1 is 0.891 bits per heavy atom. The standard InChI is InChI=1S/C32H57NO12S/c1-3-5-7-9-10-11-12-13-14-15-17-19-21-26(36)31(39)33-24(25(35)20-18-16-8-6-4-2)23-43-32-29(38)30(45-46(40,41)42)28(37)27(22-34)44-32/h13-14,17-20,24-30,32,34-38H,3-12,15-16,21-23H2,1-2H3,(H,33,39)(H,40,41,42)/b14-13-,19-17-,20-18+. The van der Waals surface area contributed by atoms with Gasteiger partial charge in [0, 0.05) is 6.42 Å². The topological polar surface area (TPSA) is 212 Å². The maximum atomic E-state index is 12.8. The molecule has 0 aliphatic carbocycles. The lowest BCUT2D eigenvalue weighted by Gasteiger charge is -2.41. The average Bonchev–Trinajstić information content (AvgIpc) is 3.01. The van der Waals surface area contributed by atoms with Crippen LogP contribution < -0.4 is 5.32 Å². The molecule has 1 amide bonds. The van der Waals surface area contributed by atoms with Gasteiger partial charge in [-0.2, -0.15) is 8.42 Å². The van der Waals surface area contributed by atoms with Crippen molar-refractivity contribution in [2.45, 2.75) is 146 Å². The van der Waals surface area contributed by atoms with Crippen LogP contribution in [0.1, 0.15) is 97.3 Å². The Morgan fingerprint density at radius 3 is 2.17 bits per heavy atom. The first-order chi connectivity index (χ1) is 21.9. The van der Waals surface area contributed by atoms with E-state index in [9.17, 15) is 38.7 Å². The summed E-state index contributed by atoms with van der Waals surface area (Å²) in [6.45, 7) is 2.95. The van der Waals surface area contributed by atoms with Gasteiger partial charge >= 0.3 is 10.4 Å². The Bertz CT molecular complexity index is 1010. The van der Waals surface area contributed by atoms with E-state index in [0.29, 0.717) is 12.8 Å². The fourth-order valence-corrected chi connectivity index (χ4v) is 5.30. The molecular weight excluding hydrogens is 622 g/mol. The minimum atomic E-state index is -5.11. The average molecular weight is 680 g/mol. The van der Waals surface area contributed by atoms with Gasteiger partial charge in [0.05, 0.1) is 25.4 Å². The predicted molar refractivity (Wildman–Crippen MR) is 173 cm³/mol. The number of carbonyl (C=O) groups excluding carboxylic acids is 1. The maximum absolute atomic E-state index is 12.8. The van der Waals surface area contributed by atoms with Crippen molar-refractivity contribution in [1.82, 2.24) is 5.32 Å². The van der Waals surface area contributed by atoms with Crippen LogP contribution in [-0.2, 0) is 28.9 Å². The Hall–Kier alpha value is -1.72. The van der Waals surface area contributed by atoms with Gasteiger partial charge in [-0.15, -0.1) is 0 Å². The summed E-state index contributed by atoms with van der Waals surface area (Å²) in [6, 6.07) is -1.14. The number of unbranched alkanes of at least 4 members (excludes halogenated alkanes) is 9. The van der Waals surface area contributed by atoms with Crippen molar-refractivity contribution in [1.29, 1.82) is 0 Å². The molecule has 268 valence electrons. The van der Waals surface area contributed by atoms with Crippen molar-refractivity contribution in [3.63, 3.8) is 0 Å². The van der Waals surface area contributed by atoms with Crippen LogP contribution in [-0.4, -0.2) is 107 Å². The Labute approximate surface area is 274 Å². The quantitative estimate of drug-likeness (QED) is 0.0422. The number of rotatable bonds is 25. The Balaban J connectivity index is 2.77. The highest BCUT2D eigenvalue weighted by Crippen LogP contribution is 2.25. The van der Waals surface area contributed by atoms with Crippen molar-refractivity contribution in [2.75, 3.05) is 13.2 Å². The molecule has 0 aromatic heterocycles. The number of amides is 1. The van der Waals surface area contributed by atoms with Gasteiger partial charge in [0.1, 0.15) is 30.5 Å². The first-order valence-corrected chi connectivity index (χ1v) is 17.8. The second-order valence-corrected chi connectivity index (χ2v) is 12.6. The van der Waals surface area contributed by atoms with E-state index in [4.69, 9.17) is 14.0 Å². The summed E-state index contributed by atoms with van der Waals surface area (Å²) in [5, 5.41) is 54.1. The van der Waals surface area contributed by atoms with E-state index < -0.39 is 78.5 Å². The fraction of sp³-hybridized carbons (Fsp3) is 0.781. The van der Waals surface area contributed by atoms with Crippen molar-refractivity contribution >= 4 is 16.3 Å². The van der Waals surface area contributed by atoms with Crippen LogP contribution in [0, 0.1) is 0 Å². The van der Waals surface area contributed by atoms with Gasteiger partial charge in [0.2, 0.25) is 5.91 Å². The molecule has 0 aromatic carbocycles. The summed E-state index contributed by atoms with van der Waals surface area (Å²) in [6.07, 6.45) is 12.1. The summed E-state index contributed by atoms with van der Waals surface area (Å²) in [4.78, 5) is 12.8. The van der Waals surface area contributed by atoms with Gasteiger partial charge in [-0.3, -0.25) is 9.35 Å². The lowest BCUT2D eigenvalue weighted by molar-refractivity contribution is -0.298. The number of carbonyl (C=O) groups is 1. The molecule has 13 nitrogen and oxygen atoms in total. The summed E-state index contributed by atoms with van der Waals surface area (Å²) < 4.78 is 46.8. The van der Waals surface area contributed by atoms with E-state index in [0.717, 1.165) is 32.1 Å². The zero-order valence-corrected chi connectivity index (χ0v) is 28.0. The van der Waals surface area contributed by atoms with Gasteiger partial charge in [0.15, 0.2) is 6.29 Å². The molecule has 0 spiro atoms. The summed E-state index contributed by atoms with van der Waals surface area (Å²) in [5.74, 6) is -0.781. The van der Waals surface area contributed by atoms with Crippen molar-refractivity contribution in [2.24, 2.45) is 0 Å². The molecule has 1 rings (SSSR count). The number of aliphatic hydroxyl groups is 5. The van der Waals surface area contributed by atoms with Gasteiger partial charge in [0.25, 0.3) is 0 Å². The monoisotopic (exact) mass is 679 g/mol. The molecule has 0 saturated carbocycles. The largest absolute Gasteiger partial charge is 0.397 e. The molecule has 14 heteroatoms. The summed E-state index contributed by atoms with van der Waals surface area (Å²) in [7, 11) is -5.11. The van der Waals surface area contributed by atoms with E-state index in [2.05, 4.69) is 29.4 Å². The molecule has 46 heavy (non-hydrogen) atoms. The van der Waals surface area contributed by atoms with Crippen molar-refractivity contribution < 1.29 is 57.0 Å². The smallest absolute Gasteiger partial charge is 0.394 e. The second-order valence-electron chi connectivity index (χ2n) is 11.5. The van der Waals surface area contributed by atoms with E-state index in [-0.39, 0.29) is 6.42 Å². The zero-order chi connectivity index (χ0) is 34.4. The SMILES string of the molecule is CCCCC/C=C/C(O)C(COC1OC(CO)C(O)C(OS(=O)(=O)O)C1O)NC(=O)C(O)C/C=C\C/C=C\CCCCCCCC. The number of nitrogens with one attached hydrogen (secondary N) is 1. The first-order valence-electron chi connectivity index (χ1n) is 16.5. The number of ether oxygens (including phenoxy) is 2. The first kappa shape index (κ1) is 42.3. The number of hydrogen-bond acceptors (Lipinski definition) is 11. The highest BCUT2D eigenvalue weighted by atomic mass is 32.3. The third kappa shape index (κ3) is 18.0. The van der Waals surface area contributed by atoms with Crippen LogP contribution in [0.2, 0.25) is 0 Å². The molecule has 8 unspecified atom stereocenters. The molecule has 1 saturated heterocycles. The van der Waals surface area contributed by atoms with Crippen LogP contribution in [0.15, 0.2) is 36.5 Å². The summed E-state index contributed by atoms with van der Waals surface area (Å²) >= 11 is 0. The van der Waals surface area contributed by atoms with E-state index >= 15 is 0 Å². The molecule has 1 heterocycles. The zero-order valence-electron chi connectivity index (χ0n) is 27.2. The molecule has 7 N–H and O–H groups in total. The van der Waals surface area contributed by atoms with Crippen molar-refractivity contribution in [3.8, 4) is 0 Å². The Kier molecular flexibility index (Phi) is 22.5. The predicted octanol–water partition coefficient (Wildman–Crippen LogP) is 2.62. The molecule has 1 fully saturated rings. The third-order valence-corrected chi connectivity index (χ3v) is 8.00. The molecule has 0 bridgehead atoms. The molecule has 1 aliphatic rings. The highest BCUT2D eigenvalue weighted by molar-refractivity contribution is 7.80. The van der Waals surface area contributed by atoms with Crippen molar-refractivity contribution in [3.05, 3.63) is 36.5 Å². The normalized spacial score (nSPS) is 24.6. The minimum Gasteiger partial charge on any atom is -0.394 e. The van der Waals surface area contributed by atoms with Crippen LogP contribution in [0.25, 0.3) is 0 Å². The Morgan fingerprint density at radius 2 is 1.50 bits per heavy atom. The summed E-state index contributed by atoms with van der Waals surface area (Å²) in [5.41, 5.74) is 0. The van der Waals surface area contributed by atoms with Gasteiger partial charge in [-0.05, 0) is 32.1 Å². The van der Waals surface area contributed by atoms with Crippen LogP contribution in [0.4, 0.5) is 0 Å². The second kappa shape index (κ2) is 24.4. The van der Waals surface area contributed by atoms with Gasteiger partial charge in [-0.1, -0.05) is 95.2 Å². The molecule has 0 radical (unpaired) electrons. The van der Waals surface area contributed by atoms with E-state index in [1.54, 1.807) is 12.2 Å². The number of aliphatic hydroxyl groups excluding tert-OH is 5. The maximum Gasteiger partial charge on any atom is 0.397 e. The molecule has 0 aromatic rings. The van der Waals surface area contributed by atoms with Crippen LogP contribution in [0.5, 0.6) is 0 Å². The highest BCUT2D eigenvalue weighted by Gasteiger charge is 2.48. The van der Waals surface area contributed by atoms with Gasteiger partial charge < -0.3 is 40.3 Å². The number of allylic oxidation sites excluding steroid dienone is 4. The molecule has 1 aliphatic heterocycles. The van der Waals surface area contributed by atoms with Crippen LogP contribution >= 0.6 is 0 Å². The van der Waals surface area contributed by atoms with Crippen LogP contribution in [0.3, 0.4) is 0 Å². The fourth-order valence-electron chi connectivity index (χ4n) is 4.79. The van der Waals surface area contributed by atoms with E-state index in [1.165, 1.54) is 38.2 Å². The minimum absolute atomic E-state index is 0.0306.